The molecule has 20 heavy (non-hydrogen) atoms. The number of amides is 1. The van der Waals surface area contributed by atoms with Crippen molar-refractivity contribution < 1.29 is 4.79 Å². The lowest BCUT2D eigenvalue weighted by Gasteiger charge is -2.35. The van der Waals surface area contributed by atoms with Gasteiger partial charge in [0.05, 0.1) is 9.35 Å². The van der Waals surface area contributed by atoms with Crippen LogP contribution >= 0.6 is 27.3 Å². The number of carbonyl (C=O) groups is 1. The summed E-state index contributed by atoms with van der Waals surface area (Å²) in [6, 6.07) is 1.86. The number of nitrogens with zero attached hydrogens (tertiary/aromatic N) is 3. The Labute approximate surface area is 129 Å². The number of halogens is 1. The number of imidazole rings is 1. The van der Waals surface area contributed by atoms with Crippen LogP contribution in [0.1, 0.15) is 22.2 Å². The van der Waals surface area contributed by atoms with Crippen LogP contribution in [0.25, 0.3) is 0 Å². The minimum Gasteiger partial charge on any atom is -0.336 e. The molecule has 106 valence electrons. The van der Waals surface area contributed by atoms with E-state index in [1.165, 1.54) is 11.3 Å². The topological polar surface area (TPSA) is 50.2 Å². The first-order chi connectivity index (χ1) is 9.66. The molecular formula is C13H15BrN4OS. The third-order valence-corrected chi connectivity index (χ3v) is 4.98. The molecule has 0 aliphatic carbocycles. The highest BCUT2D eigenvalue weighted by Crippen LogP contribution is 2.26. The van der Waals surface area contributed by atoms with Crippen LogP contribution in [-0.4, -0.2) is 40.0 Å². The molecule has 1 aliphatic rings. The van der Waals surface area contributed by atoms with E-state index in [4.69, 9.17) is 0 Å². The summed E-state index contributed by atoms with van der Waals surface area (Å²) in [7, 11) is 1.96. The van der Waals surface area contributed by atoms with Gasteiger partial charge in [-0.3, -0.25) is 4.79 Å². The van der Waals surface area contributed by atoms with Crippen molar-refractivity contribution in [1.29, 1.82) is 0 Å². The average Bonchev–Trinajstić information content (AvgIpc) is 3.07. The summed E-state index contributed by atoms with van der Waals surface area (Å²) in [6.07, 6.45) is 3.68. The molecule has 1 unspecified atom stereocenters. The second-order valence-electron chi connectivity index (χ2n) is 4.75. The summed E-state index contributed by atoms with van der Waals surface area (Å²) in [5.74, 6) is 0.987. The lowest BCUT2D eigenvalue weighted by atomic mass is 10.1. The maximum atomic E-state index is 12.7. The molecule has 0 aromatic carbocycles. The summed E-state index contributed by atoms with van der Waals surface area (Å²) in [5, 5.41) is 5.23. The van der Waals surface area contributed by atoms with E-state index >= 15 is 0 Å². The van der Waals surface area contributed by atoms with Crippen LogP contribution in [0.3, 0.4) is 0 Å². The van der Waals surface area contributed by atoms with Crippen LogP contribution in [-0.2, 0) is 7.05 Å². The Hall–Kier alpha value is -1.18. The molecule has 0 radical (unpaired) electrons. The molecule has 0 saturated carbocycles. The lowest BCUT2D eigenvalue weighted by Crippen LogP contribution is -2.49. The molecule has 3 rings (SSSR count). The van der Waals surface area contributed by atoms with Crippen molar-refractivity contribution in [3.63, 3.8) is 0 Å². The van der Waals surface area contributed by atoms with Gasteiger partial charge in [-0.25, -0.2) is 4.98 Å². The standard InChI is InChI=1S/C13H15BrN4OS/c1-17-4-3-16-12(17)10-7-15-2-5-18(10)13(19)9-6-11(14)20-8-9/h3-4,6,8,10,15H,2,5,7H2,1H3. The first-order valence-corrected chi connectivity index (χ1v) is 8.07. The second-order valence-corrected chi connectivity index (χ2v) is 7.04. The predicted octanol–water partition coefficient (Wildman–Crippen LogP) is 2.03. The summed E-state index contributed by atoms with van der Waals surface area (Å²) in [6.45, 7) is 2.25. The smallest absolute Gasteiger partial charge is 0.255 e. The fourth-order valence-corrected chi connectivity index (χ4v) is 3.59. The molecule has 7 heteroatoms. The number of rotatable bonds is 2. The van der Waals surface area contributed by atoms with Gasteiger partial charge in [-0.15, -0.1) is 11.3 Å². The normalized spacial score (nSPS) is 19.3. The molecule has 5 nitrogen and oxygen atoms in total. The Morgan fingerprint density at radius 3 is 3.10 bits per heavy atom. The van der Waals surface area contributed by atoms with Crippen LogP contribution in [0.2, 0.25) is 0 Å². The number of aromatic nitrogens is 2. The highest BCUT2D eigenvalue weighted by atomic mass is 79.9. The number of aryl methyl sites for hydroxylation is 1. The van der Waals surface area contributed by atoms with Gasteiger partial charge in [-0.1, -0.05) is 0 Å². The Kier molecular flexibility index (Phi) is 3.91. The van der Waals surface area contributed by atoms with Crippen molar-refractivity contribution in [2.24, 2.45) is 7.05 Å². The zero-order chi connectivity index (χ0) is 14.1. The summed E-state index contributed by atoms with van der Waals surface area (Å²) in [5.41, 5.74) is 0.739. The lowest BCUT2D eigenvalue weighted by molar-refractivity contribution is 0.0621. The monoisotopic (exact) mass is 354 g/mol. The highest BCUT2D eigenvalue weighted by molar-refractivity contribution is 9.11. The summed E-state index contributed by atoms with van der Waals surface area (Å²) >= 11 is 4.94. The average molecular weight is 355 g/mol. The minimum absolute atomic E-state index is 0.0186. The Morgan fingerprint density at radius 1 is 1.60 bits per heavy atom. The summed E-state index contributed by atoms with van der Waals surface area (Å²) in [4.78, 5) is 19.0. The van der Waals surface area contributed by atoms with E-state index in [1.807, 2.05) is 34.2 Å². The molecule has 1 amide bonds. The number of hydrogen-bond acceptors (Lipinski definition) is 4. The largest absolute Gasteiger partial charge is 0.336 e. The van der Waals surface area contributed by atoms with E-state index in [2.05, 4.69) is 26.2 Å². The van der Waals surface area contributed by atoms with Gasteiger partial charge in [0.1, 0.15) is 11.9 Å². The number of piperazine rings is 1. The van der Waals surface area contributed by atoms with E-state index in [0.29, 0.717) is 6.54 Å². The van der Waals surface area contributed by atoms with Crippen LogP contribution < -0.4 is 5.32 Å². The second kappa shape index (κ2) is 5.67. The van der Waals surface area contributed by atoms with Crippen LogP contribution in [0.4, 0.5) is 0 Å². The van der Waals surface area contributed by atoms with E-state index < -0.39 is 0 Å². The Bertz CT molecular complexity index is 623. The number of hydrogen-bond donors (Lipinski definition) is 1. The van der Waals surface area contributed by atoms with Crippen LogP contribution in [0, 0.1) is 0 Å². The quantitative estimate of drug-likeness (QED) is 0.897. The number of carbonyl (C=O) groups excluding carboxylic acids is 1. The minimum atomic E-state index is -0.0186. The Balaban J connectivity index is 1.89. The SMILES string of the molecule is Cn1ccnc1C1CNCCN1C(=O)c1csc(Br)c1. The molecule has 1 fully saturated rings. The van der Waals surface area contributed by atoms with Gasteiger partial charge in [0, 0.05) is 44.5 Å². The van der Waals surface area contributed by atoms with Gasteiger partial charge >= 0.3 is 0 Å². The van der Waals surface area contributed by atoms with Gasteiger partial charge in [0.25, 0.3) is 5.91 Å². The van der Waals surface area contributed by atoms with E-state index in [-0.39, 0.29) is 11.9 Å². The van der Waals surface area contributed by atoms with Crippen molar-refractivity contribution in [2.75, 3.05) is 19.6 Å². The van der Waals surface area contributed by atoms with E-state index in [1.54, 1.807) is 6.20 Å². The zero-order valence-corrected chi connectivity index (χ0v) is 13.4. The molecule has 2 aromatic rings. The van der Waals surface area contributed by atoms with Crippen molar-refractivity contribution in [1.82, 2.24) is 19.8 Å². The van der Waals surface area contributed by atoms with Crippen molar-refractivity contribution in [3.05, 3.63) is 39.0 Å². The van der Waals surface area contributed by atoms with Gasteiger partial charge in [-0.05, 0) is 22.0 Å². The highest BCUT2D eigenvalue weighted by Gasteiger charge is 2.31. The fraction of sp³-hybridized carbons (Fsp3) is 0.385. The van der Waals surface area contributed by atoms with E-state index in [0.717, 1.165) is 28.3 Å². The predicted molar refractivity (Wildman–Crippen MR) is 81.9 cm³/mol. The fourth-order valence-electron chi connectivity index (χ4n) is 2.46. The molecule has 0 bridgehead atoms. The molecule has 1 aliphatic heterocycles. The van der Waals surface area contributed by atoms with Gasteiger partial charge in [-0.2, -0.15) is 0 Å². The molecule has 1 N–H and O–H groups in total. The van der Waals surface area contributed by atoms with Crippen LogP contribution in [0.15, 0.2) is 27.6 Å². The zero-order valence-electron chi connectivity index (χ0n) is 11.0. The first kappa shape index (κ1) is 13.8. The number of nitrogens with one attached hydrogen (secondary N) is 1. The van der Waals surface area contributed by atoms with E-state index in [9.17, 15) is 4.79 Å². The van der Waals surface area contributed by atoms with Crippen molar-refractivity contribution in [3.8, 4) is 0 Å². The molecule has 1 atom stereocenters. The summed E-state index contributed by atoms with van der Waals surface area (Å²) < 4.78 is 2.95. The third kappa shape index (κ3) is 2.53. The molecule has 3 heterocycles. The molecule has 2 aromatic heterocycles. The Morgan fingerprint density at radius 2 is 2.45 bits per heavy atom. The van der Waals surface area contributed by atoms with Crippen LogP contribution in [0.5, 0.6) is 0 Å². The molecular weight excluding hydrogens is 340 g/mol. The van der Waals surface area contributed by atoms with Crippen molar-refractivity contribution in [2.45, 2.75) is 6.04 Å². The van der Waals surface area contributed by atoms with Crippen molar-refractivity contribution >= 4 is 33.2 Å². The molecule has 0 spiro atoms. The maximum absolute atomic E-state index is 12.7. The first-order valence-electron chi connectivity index (χ1n) is 6.40. The third-order valence-electron chi connectivity index (χ3n) is 3.48. The van der Waals surface area contributed by atoms with Gasteiger partial charge in [0.15, 0.2) is 0 Å². The number of thiophene rings is 1. The van der Waals surface area contributed by atoms with Gasteiger partial charge < -0.3 is 14.8 Å². The van der Waals surface area contributed by atoms with Gasteiger partial charge in [0.2, 0.25) is 0 Å². The molecule has 1 saturated heterocycles. The maximum Gasteiger partial charge on any atom is 0.255 e.